The topological polar surface area (TPSA) is 106 Å². The van der Waals surface area contributed by atoms with Crippen LogP contribution < -0.4 is 9.64 Å². The van der Waals surface area contributed by atoms with Crippen molar-refractivity contribution in [3.63, 3.8) is 0 Å². The summed E-state index contributed by atoms with van der Waals surface area (Å²) in [5.74, 6) is 0.456. The van der Waals surface area contributed by atoms with Crippen molar-refractivity contribution in [1.82, 2.24) is 4.98 Å². The zero-order valence-electron chi connectivity index (χ0n) is 12.7. The first-order valence-electron chi connectivity index (χ1n) is 7.45. The Balaban J connectivity index is 1.82. The highest BCUT2D eigenvalue weighted by molar-refractivity contribution is 5.94. The SMILES string of the molecule is O=C(O)N(c1ccc([N+](=O)[O-])cc1)c1ccc(OC2CCC2)nc1. The molecule has 3 rings (SSSR count). The summed E-state index contributed by atoms with van der Waals surface area (Å²) in [5.41, 5.74) is 0.520. The zero-order chi connectivity index (χ0) is 17.1. The number of amides is 1. The molecule has 0 unspecified atom stereocenters. The molecular weight excluding hydrogens is 314 g/mol. The molecule has 1 aromatic carbocycles. The molecule has 1 aliphatic rings. The number of anilines is 2. The Hall–Kier alpha value is -3.16. The first-order chi connectivity index (χ1) is 11.5. The minimum atomic E-state index is -1.21. The molecule has 124 valence electrons. The van der Waals surface area contributed by atoms with E-state index in [1.165, 1.54) is 30.5 Å². The Labute approximate surface area is 137 Å². The van der Waals surface area contributed by atoms with Crippen LogP contribution in [0.15, 0.2) is 42.6 Å². The van der Waals surface area contributed by atoms with Crippen molar-refractivity contribution in [2.24, 2.45) is 0 Å². The first-order valence-corrected chi connectivity index (χ1v) is 7.45. The minimum absolute atomic E-state index is 0.105. The van der Waals surface area contributed by atoms with E-state index < -0.39 is 11.0 Å². The maximum atomic E-state index is 11.6. The van der Waals surface area contributed by atoms with E-state index in [9.17, 15) is 20.0 Å². The molecule has 1 aromatic heterocycles. The summed E-state index contributed by atoms with van der Waals surface area (Å²) in [5, 5.41) is 20.1. The fourth-order valence-corrected chi connectivity index (χ4v) is 2.33. The van der Waals surface area contributed by atoms with Crippen LogP contribution >= 0.6 is 0 Å². The number of benzene rings is 1. The van der Waals surface area contributed by atoms with Gasteiger partial charge in [0, 0.05) is 18.2 Å². The summed E-state index contributed by atoms with van der Waals surface area (Å²) in [7, 11) is 0. The fourth-order valence-electron chi connectivity index (χ4n) is 2.33. The molecule has 0 aliphatic heterocycles. The number of carbonyl (C=O) groups is 1. The van der Waals surface area contributed by atoms with Gasteiger partial charge in [-0.1, -0.05) is 0 Å². The molecular formula is C16H15N3O5. The summed E-state index contributed by atoms with van der Waals surface area (Å²) >= 11 is 0. The lowest BCUT2D eigenvalue weighted by molar-refractivity contribution is -0.384. The molecule has 1 saturated carbocycles. The average molecular weight is 329 g/mol. The highest BCUT2D eigenvalue weighted by Crippen LogP contribution is 2.29. The standard InChI is InChI=1S/C16H15N3O5/c20-16(21)18(11-4-6-12(7-5-11)19(22)23)13-8-9-15(17-10-13)24-14-2-1-3-14/h4-10,14H,1-3H2,(H,20,21). The van der Waals surface area contributed by atoms with Crippen molar-refractivity contribution in [3.05, 3.63) is 52.7 Å². The van der Waals surface area contributed by atoms with Crippen molar-refractivity contribution >= 4 is 23.2 Å². The predicted octanol–water partition coefficient (Wildman–Crippen LogP) is 3.74. The van der Waals surface area contributed by atoms with Gasteiger partial charge in [-0.3, -0.25) is 10.1 Å². The number of ether oxygens (including phenoxy) is 1. The minimum Gasteiger partial charge on any atom is -0.474 e. The van der Waals surface area contributed by atoms with Gasteiger partial charge in [0.25, 0.3) is 5.69 Å². The van der Waals surface area contributed by atoms with Gasteiger partial charge in [0.05, 0.1) is 22.5 Å². The highest BCUT2D eigenvalue weighted by atomic mass is 16.6. The van der Waals surface area contributed by atoms with Gasteiger partial charge < -0.3 is 9.84 Å². The summed E-state index contributed by atoms with van der Waals surface area (Å²) in [4.78, 5) is 26.9. The molecule has 2 aromatic rings. The van der Waals surface area contributed by atoms with Crippen LogP contribution in [0.1, 0.15) is 19.3 Å². The number of nitro benzene ring substituents is 1. The molecule has 24 heavy (non-hydrogen) atoms. The second-order valence-corrected chi connectivity index (χ2v) is 5.42. The number of hydrogen-bond acceptors (Lipinski definition) is 5. The van der Waals surface area contributed by atoms with Gasteiger partial charge >= 0.3 is 6.09 Å². The van der Waals surface area contributed by atoms with E-state index in [0.717, 1.165) is 24.2 Å². The Kier molecular flexibility index (Phi) is 4.28. The number of hydrogen-bond donors (Lipinski definition) is 1. The summed E-state index contributed by atoms with van der Waals surface area (Å²) < 4.78 is 5.64. The second-order valence-electron chi connectivity index (χ2n) is 5.42. The molecule has 8 nitrogen and oxygen atoms in total. The van der Waals surface area contributed by atoms with E-state index in [4.69, 9.17) is 4.74 Å². The monoisotopic (exact) mass is 329 g/mol. The van der Waals surface area contributed by atoms with Gasteiger partial charge in [-0.15, -0.1) is 0 Å². The van der Waals surface area contributed by atoms with Crippen molar-refractivity contribution < 1.29 is 19.6 Å². The third kappa shape index (κ3) is 3.27. The van der Waals surface area contributed by atoms with Crippen LogP contribution in [0.25, 0.3) is 0 Å². The molecule has 0 spiro atoms. The van der Waals surface area contributed by atoms with E-state index in [1.54, 1.807) is 12.1 Å². The maximum absolute atomic E-state index is 11.6. The van der Waals surface area contributed by atoms with Gasteiger partial charge in [-0.25, -0.2) is 14.7 Å². The van der Waals surface area contributed by atoms with E-state index in [0.29, 0.717) is 17.3 Å². The lowest BCUT2D eigenvalue weighted by Gasteiger charge is -2.26. The van der Waals surface area contributed by atoms with Crippen LogP contribution in [0.4, 0.5) is 21.9 Å². The number of carboxylic acid groups (broad SMARTS) is 1. The molecule has 1 fully saturated rings. The van der Waals surface area contributed by atoms with Crippen molar-refractivity contribution in [3.8, 4) is 5.88 Å². The van der Waals surface area contributed by atoms with Crippen LogP contribution in [0, 0.1) is 10.1 Å². The third-order valence-electron chi connectivity index (χ3n) is 3.83. The quantitative estimate of drug-likeness (QED) is 0.661. The van der Waals surface area contributed by atoms with Crippen LogP contribution in [0.5, 0.6) is 5.88 Å². The molecule has 0 saturated heterocycles. The Bertz CT molecular complexity index is 741. The number of pyridine rings is 1. The Morgan fingerprint density at radius 2 is 1.88 bits per heavy atom. The van der Waals surface area contributed by atoms with Crippen molar-refractivity contribution in [1.29, 1.82) is 0 Å². The second kappa shape index (κ2) is 6.53. The van der Waals surface area contributed by atoms with Crippen LogP contribution in [0.2, 0.25) is 0 Å². The molecule has 1 N–H and O–H groups in total. The van der Waals surface area contributed by atoms with Gasteiger partial charge in [-0.2, -0.15) is 0 Å². The van der Waals surface area contributed by atoms with Gasteiger partial charge in [0.15, 0.2) is 0 Å². The summed E-state index contributed by atoms with van der Waals surface area (Å²) in [6.07, 6.45) is 3.55. The molecule has 1 heterocycles. The third-order valence-corrected chi connectivity index (χ3v) is 3.83. The van der Waals surface area contributed by atoms with E-state index >= 15 is 0 Å². The number of nitro groups is 1. The normalized spacial score (nSPS) is 13.8. The van der Waals surface area contributed by atoms with Crippen molar-refractivity contribution in [2.75, 3.05) is 4.90 Å². The summed E-state index contributed by atoms with van der Waals surface area (Å²) in [6.45, 7) is 0. The average Bonchev–Trinajstić information content (AvgIpc) is 2.53. The van der Waals surface area contributed by atoms with Crippen molar-refractivity contribution in [2.45, 2.75) is 25.4 Å². The zero-order valence-corrected chi connectivity index (χ0v) is 12.7. The van der Waals surface area contributed by atoms with E-state index in [2.05, 4.69) is 4.98 Å². The highest BCUT2D eigenvalue weighted by Gasteiger charge is 2.21. The predicted molar refractivity (Wildman–Crippen MR) is 85.8 cm³/mol. The molecule has 1 aliphatic carbocycles. The van der Waals surface area contributed by atoms with Crippen LogP contribution in [-0.2, 0) is 0 Å². The summed E-state index contributed by atoms with van der Waals surface area (Å²) in [6, 6.07) is 8.49. The van der Waals surface area contributed by atoms with Gasteiger partial charge in [-0.05, 0) is 37.5 Å². The number of aromatic nitrogens is 1. The molecule has 0 atom stereocenters. The Morgan fingerprint density at radius 1 is 1.21 bits per heavy atom. The van der Waals surface area contributed by atoms with Crippen LogP contribution in [0.3, 0.4) is 0 Å². The molecule has 0 radical (unpaired) electrons. The maximum Gasteiger partial charge on any atom is 0.416 e. The smallest absolute Gasteiger partial charge is 0.416 e. The number of nitrogens with zero attached hydrogens (tertiary/aromatic N) is 3. The lowest BCUT2D eigenvalue weighted by Crippen LogP contribution is -2.25. The number of rotatable bonds is 5. The Morgan fingerprint density at radius 3 is 2.33 bits per heavy atom. The first kappa shape index (κ1) is 15.7. The van der Waals surface area contributed by atoms with E-state index in [1.807, 2.05) is 0 Å². The fraction of sp³-hybridized carbons (Fsp3) is 0.250. The molecule has 1 amide bonds. The molecule has 0 bridgehead atoms. The lowest BCUT2D eigenvalue weighted by atomic mass is 9.96. The largest absolute Gasteiger partial charge is 0.474 e. The van der Waals surface area contributed by atoms with Crippen LogP contribution in [-0.4, -0.2) is 27.2 Å². The van der Waals surface area contributed by atoms with Gasteiger partial charge in [0.1, 0.15) is 6.10 Å². The number of non-ortho nitro benzene ring substituents is 1. The van der Waals surface area contributed by atoms with E-state index in [-0.39, 0.29) is 11.8 Å². The molecule has 8 heteroatoms. The van der Waals surface area contributed by atoms with Gasteiger partial charge in [0.2, 0.25) is 5.88 Å².